The van der Waals surface area contributed by atoms with Crippen LogP contribution in [-0.2, 0) is 9.59 Å². The van der Waals surface area contributed by atoms with Gasteiger partial charge < -0.3 is 33.4 Å². The first-order valence-corrected chi connectivity index (χ1v) is 5.91. The number of guanidine groups is 1. The quantitative estimate of drug-likeness (QED) is 0.150. The monoisotopic (exact) mass is 274 g/mol. The predicted octanol–water partition coefficient (Wildman–Crippen LogP) is -2.71. The summed E-state index contributed by atoms with van der Waals surface area (Å²) >= 11 is 0. The number of nitrogens with one attached hydrogen (secondary N) is 1. The molecule has 0 aromatic rings. The van der Waals surface area contributed by atoms with Gasteiger partial charge in [-0.25, -0.2) is 0 Å². The molecule has 0 aliphatic heterocycles. The highest BCUT2D eigenvalue weighted by atomic mass is 16.4. The van der Waals surface area contributed by atoms with E-state index in [0.717, 1.165) is 0 Å². The zero-order valence-electron chi connectivity index (χ0n) is 10.7. The van der Waals surface area contributed by atoms with Crippen LogP contribution >= 0.6 is 0 Å². The van der Waals surface area contributed by atoms with Crippen LogP contribution in [0.1, 0.15) is 19.3 Å². The second kappa shape index (κ2) is 9.11. The van der Waals surface area contributed by atoms with Crippen LogP contribution < -0.4 is 28.3 Å². The third-order valence-electron chi connectivity index (χ3n) is 2.38. The Balaban J connectivity index is 3.76. The van der Waals surface area contributed by atoms with Crippen molar-refractivity contribution in [3.63, 3.8) is 0 Å². The number of hydrogen-bond acceptors (Lipinski definition) is 5. The summed E-state index contributed by atoms with van der Waals surface area (Å²) in [6.45, 7) is 0.584. The number of aliphatic imine (C=N–C) groups is 1. The first kappa shape index (κ1) is 17.1. The number of carbonyl (C=O) groups excluding carboxylic acids is 1. The van der Waals surface area contributed by atoms with Gasteiger partial charge in [0.05, 0.1) is 6.04 Å². The standard InChI is InChI=1S/C10H22N6O3/c11-6(2-1-4-16-10(13)14)8(17)15-5-3-7(12)9(18)19/h6-7H,1-5,11-12H2,(H,15,17)(H,18,19)(H4,13,14,16)/t6?,7-/m0/s1. The molecular formula is C10H22N6O3. The molecule has 9 nitrogen and oxygen atoms in total. The third kappa shape index (κ3) is 8.80. The number of rotatable bonds is 9. The fourth-order valence-electron chi connectivity index (χ4n) is 1.26. The molecule has 0 aliphatic rings. The number of nitrogens with zero attached hydrogens (tertiary/aromatic N) is 1. The van der Waals surface area contributed by atoms with Gasteiger partial charge in [-0.05, 0) is 19.3 Å². The molecule has 0 saturated heterocycles. The summed E-state index contributed by atoms with van der Waals surface area (Å²) in [6, 6.07) is -1.66. The maximum Gasteiger partial charge on any atom is 0.320 e. The van der Waals surface area contributed by atoms with Gasteiger partial charge in [0.15, 0.2) is 5.96 Å². The van der Waals surface area contributed by atoms with Crippen LogP contribution in [0.2, 0.25) is 0 Å². The Morgan fingerprint density at radius 3 is 2.32 bits per heavy atom. The van der Waals surface area contributed by atoms with Crippen LogP contribution in [-0.4, -0.2) is 48.1 Å². The lowest BCUT2D eigenvalue weighted by Gasteiger charge is -2.12. The van der Waals surface area contributed by atoms with Crippen molar-refractivity contribution in [2.24, 2.45) is 27.9 Å². The van der Waals surface area contributed by atoms with E-state index in [1.165, 1.54) is 0 Å². The van der Waals surface area contributed by atoms with Crippen LogP contribution in [0.15, 0.2) is 4.99 Å². The van der Waals surface area contributed by atoms with Crippen molar-refractivity contribution in [2.75, 3.05) is 13.1 Å². The summed E-state index contributed by atoms with van der Waals surface area (Å²) in [5.74, 6) is -1.45. The average Bonchev–Trinajstić information content (AvgIpc) is 2.33. The van der Waals surface area contributed by atoms with Crippen LogP contribution in [0.5, 0.6) is 0 Å². The van der Waals surface area contributed by atoms with Gasteiger partial charge in [-0.1, -0.05) is 0 Å². The highest BCUT2D eigenvalue weighted by Gasteiger charge is 2.14. The minimum absolute atomic E-state index is 0.000631. The molecule has 19 heavy (non-hydrogen) atoms. The van der Waals surface area contributed by atoms with Crippen molar-refractivity contribution in [3.05, 3.63) is 0 Å². The summed E-state index contributed by atoms with van der Waals surface area (Å²) in [4.78, 5) is 25.7. The van der Waals surface area contributed by atoms with Crippen LogP contribution in [0.25, 0.3) is 0 Å². The summed E-state index contributed by atoms with van der Waals surface area (Å²) in [5, 5.41) is 11.1. The highest BCUT2D eigenvalue weighted by Crippen LogP contribution is 1.96. The van der Waals surface area contributed by atoms with Crippen LogP contribution in [0.3, 0.4) is 0 Å². The minimum atomic E-state index is -1.10. The first-order chi connectivity index (χ1) is 8.84. The highest BCUT2D eigenvalue weighted by molar-refractivity contribution is 5.81. The SMILES string of the molecule is NC(N)=NCCCC(N)C(=O)NCC[C@H](N)C(=O)O. The molecule has 0 aromatic heterocycles. The predicted molar refractivity (Wildman–Crippen MR) is 71.1 cm³/mol. The van der Waals surface area contributed by atoms with Gasteiger partial charge in [0.25, 0.3) is 0 Å². The Kier molecular flexibility index (Phi) is 8.22. The molecule has 0 bridgehead atoms. The first-order valence-electron chi connectivity index (χ1n) is 5.91. The number of carbonyl (C=O) groups is 2. The van der Waals surface area contributed by atoms with Gasteiger partial charge in [0.1, 0.15) is 6.04 Å². The van der Waals surface area contributed by atoms with E-state index >= 15 is 0 Å². The van der Waals surface area contributed by atoms with Crippen LogP contribution in [0, 0.1) is 0 Å². The van der Waals surface area contributed by atoms with Crippen molar-refractivity contribution in [2.45, 2.75) is 31.3 Å². The van der Waals surface area contributed by atoms with Gasteiger partial charge in [0.2, 0.25) is 5.91 Å². The van der Waals surface area contributed by atoms with E-state index in [1.807, 2.05) is 0 Å². The Morgan fingerprint density at radius 2 is 1.79 bits per heavy atom. The summed E-state index contributed by atoms with van der Waals surface area (Å²) in [6.07, 6.45) is 1.18. The summed E-state index contributed by atoms with van der Waals surface area (Å²) in [7, 11) is 0. The smallest absolute Gasteiger partial charge is 0.320 e. The normalized spacial score (nSPS) is 13.4. The molecular weight excluding hydrogens is 252 g/mol. The molecule has 0 aromatic carbocycles. The summed E-state index contributed by atoms with van der Waals surface area (Å²) in [5.41, 5.74) is 21.2. The van der Waals surface area contributed by atoms with Crippen molar-refractivity contribution in [1.82, 2.24) is 5.32 Å². The molecule has 2 atom stereocenters. The molecule has 0 radical (unpaired) electrons. The van der Waals surface area contributed by atoms with Gasteiger partial charge >= 0.3 is 5.97 Å². The lowest BCUT2D eigenvalue weighted by atomic mass is 10.1. The number of aliphatic carboxylic acids is 1. The average molecular weight is 274 g/mol. The zero-order chi connectivity index (χ0) is 14.8. The Labute approximate surface area is 111 Å². The molecule has 10 N–H and O–H groups in total. The Morgan fingerprint density at radius 1 is 1.16 bits per heavy atom. The second-order valence-corrected chi connectivity index (χ2v) is 4.08. The number of nitrogens with two attached hydrogens (primary N) is 4. The van der Waals surface area contributed by atoms with Crippen LogP contribution in [0.4, 0.5) is 0 Å². The van der Waals surface area contributed by atoms with Crippen molar-refractivity contribution >= 4 is 17.8 Å². The largest absolute Gasteiger partial charge is 0.480 e. The van der Waals surface area contributed by atoms with Gasteiger partial charge in [-0.15, -0.1) is 0 Å². The summed E-state index contributed by atoms with van der Waals surface area (Å²) < 4.78 is 0. The van der Waals surface area contributed by atoms with Gasteiger partial charge in [-0.3, -0.25) is 14.6 Å². The fourth-order valence-corrected chi connectivity index (χ4v) is 1.26. The molecule has 0 fully saturated rings. The van der Waals surface area contributed by atoms with E-state index in [0.29, 0.717) is 19.4 Å². The topological polar surface area (TPSA) is 183 Å². The molecule has 9 heteroatoms. The zero-order valence-corrected chi connectivity index (χ0v) is 10.7. The number of carboxylic acids is 1. The minimum Gasteiger partial charge on any atom is -0.480 e. The van der Waals surface area contributed by atoms with E-state index < -0.39 is 18.1 Å². The van der Waals surface area contributed by atoms with E-state index in [9.17, 15) is 9.59 Å². The molecule has 110 valence electrons. The van der Waals surface area contributed by atoms with E-state index in [1.54, 1.807) is 0 Å². The molecule has 0 heterocycles. The van der Waals surface area contributed by atoms with Gasteiger partial charge in [-0.2, -0.15) is 0 Å². The molecule has 0 spiro atoms. The number of carboxylic acid groups (broad SMARTS) is 1. The van der Waals surface area contributed by atoms with E-state index in [4.69, 9.17) is 28.0 Å². The van der Waals surface area contributed by atoms with Gasteiger partial charge in [0, 0.05) is 13.1 Å². The lowest BCUT2D eigenvalue weighted by molar-refractivity contribution is -0.138. The molecule has 1 unspecified atom stereocenters. The maximum absolute atomic E-state index is 11.5. The molecule has 1 amide bonds. The molecule has 0 rings (SSSR count). The number of amides is 1. The second-order valence-electron chi connectivity index (χ2n) is 4.08. The molecule has 0 saturated carbocycles. The van der Waals surface area contributed by atoms with Crippen molar-refractivity contribution in [3.8, 4) is 0 Å². The van der Waals surface area contributed by atoms with Crippen molar-refractivity contribution in [1.29, 1.82) is 0 Å². The van der Waals surface area contributed by atoms with Crippen molar-refractivity contribution < 1.29 is 14.7 Å². The maximum atomic E-state index is 11.5. The Hall–Kier alpha value is -1.87. The Bertz CT molecular complexity index is 329. The third-order valence-corrected chi connectivity index (χ3v) is 2.38. The number of hydrogen-bond donors (Lipinski definition) is 6. The van der Waals surface area contributed by atoms with E-state index in [2.05, 4.69) is 10.3 Å². The van der Waals surface area contributed by atoms with E-state index in [-0.39, 0.29) is 24.8 Å². The lowest BCUT2D eigenvalue weighted by Crippen LogP contribution is -2.43. The molecule has 0 aliphatic carbocycles. The fraction of sp³-hybridized carbons (Fsp3) is 0.700.